The molecular weight excluding hydrogens is 256 g/mol. The van der Waals surface area contributed by atoms with Gasteiger partial charge in [0.15, 0.2) is 5.92 Å². The first-order chi connectivity index (χ1) is 9.27. The minimum absolute atomic E-state index is 0.314. The van der Waals surface area contributed by atoms with Gasteiger partial charge in [0, 0.05) is 5.41 Å². The van der Waals surface area contributed by atoms with Crippen LogP contribution in [0.15, 0.2) is 0 Å². The van der Waals surface area contributed by atoms with E-state index in [1.165, 1.54) is 0 Å². The highest BCUT2D eigenvalue weighted by molar-refractivity contribution is 5.97. The van der Waals surface area contributed by atoms with Crippen LogP contribution in [0.25, 0.3) is 0 Å². The second-order valence-corrected chi connectivity index (χ2v) is 6.36. The number of rotatable bonds is 6. The van der Waals surface area contributed by atoms with Crippen molar-refractivity contribution in [1.82, 2.24) is 0 Å². The first kappa shape index (κ1) is 17.0. The molecule has 4 heteroatoms. The van der Waals surface area contributed by atoms with Gasteiger partial charge >= 0.3 is 11.9 Å². The molecule has 0 aromatic carbocycles. The van der Waals surface area contributed by atoms with Crippen molar-refractivity contribution in [2.45, 2.75) is 73.5 Å². The Kier molecular flexibility index (Phi) is 5.22. The molecular formula is C16H28O4. The van der Waals surface area contributed by atoms with Crippen LogP contribution in [0.1, 0.15) is 67.2 Å². The lowest BCUT2D eigenvalue weighted by atomic mass is 9.72. The third-order valence-corrected chi connectivity index (χ3v) is 5.41. The van der Waals surface area contributed by atoms with E-state index in [9.17, 15) is 9.59 Å². The maximum atomic E-state index is 12.3. The molecule has 0 N–H and O–H groups in total. The molecule has 0 amide bonds. The number of cyclic esters (lactones) is 2. The highest BCUT2D eigenvalue weighted by Crippen LogP contribution is 2.42. The minimum Gasteiger partial charge on any atom is -0.424 e. The Morgan fingerprint density at radius 1 is 0.800 bits per heavy atom. The van der Waals surface area contributed by atoms with Crippen LogP contribution in [-0.2, 0) is 19.1 Å². The van der Waals surface area contributed by atoms with Gasteiger partial charge in [-0.2, -0.15) is 0 Å². The SMILES string of the molecule is CCC(C)(CC)C1OC(=O)C(C(C)(CC)CC)C(=O)O1. The Balaban J connectivity index is 2.98. The van der Waals surface area contributed by atoms with Crippen LogP contribution in [-0.4, -0.2) is 18.2 Å². The fourth-order valence-corrected chi connectivity index (χ4v) is 2.56. The van der Waals surface area contributed by atoms with Crippen molar-refractivity contribution in [3.8, 4) is 0 Å². The predicted octanol–water partition coefficient (Wildman–Crippen LogP) is 3.68. The van der Waals surface area contributed by atoms with Gasteiger partial charge in [0.05, 0.1) is 0 Å². The molecule has 1 fully saturated rings. The van der Waals surface area contributed by atoms with Crippen molar-refractivity contribution in [3.63, 3.8) is 0 Å². The molecule has 0 aliphatic carbocycles. The molecule has 1 saturated heterocycles. The van der Waals surface area contributed by atoms with E-state index in [4.69, 9.17) is 9.47 Å². The summed E-state index contributed by atoms with van der Waals surface area (Å²) in [4.78, 5) is 24.7. The van der Waals surface area contributed by atoms with E-state index in [0.717, 1.165) is 25.7 Å². The van der Waals surface area contributed by atoms with Crippen molar-refractivity contribution in [3.05, 3.63) is 0 Å². The van der Waals surface area contributed by atoms with Crippen molar-refractivity contribution >= 4 is 11.9 Å². The van der Waals surface area contributed by atoms with Crippen molar-refractivity contribution < 1.29 is 19.1 Å². The minimum atomic E-state index is -0.799. The first-order valence-electron chi connectivity index (χ1n) is 7.69. The molecule has 1 aliphatic heterocycles. The van der Waals surface area contributed by atoms with E-state index < -0.39 is 29.6 Å². The van der Waals surface area contributed by atoms with Gasteiger partial charge in [-0.25, -0.2) is 0 Å². The van der Waals surface area contributed by atoms with Crippen molar-refractivity contribution in [2.75, 3.05) is 0 Å². The Morgan fingerprint density at radius 2 is 1.15 bits per heavy atom. The highest BCUT2D eigenvalue weighted by Gasteiger charge is 2.52. The molecule has 1 rings (SSSR count). The van der Waals surface area contributed by atoms with Gasteiger partial charge in [0.2, 0.25) is 0 Å². The predicted molar refractivity (Wildman–Crippen MR) is 76.8 cm³/mol. The summed E-state index contributed by atoms with van der Waals surface area (Å²) in [5.74, 6) is -1.65. The zero-order valence-electron chi connectivity index (χ0n) is 13.6. The van der Waals surface area contributed by atoms with Gasteiger partial charge in [-0.05, 0) is 31.1 Å². The molecule has 0 atom stereocenters. The molecule has 0 radical (unpaired) electrons. The number of carbonyl (C=O) groups excluding carboxylic acids is 2. The summed E-state index contributed by atoms with van der Waals surface area (Å²) in [5, 5.41) is 0. The number of hydrogen-bond donors (Lipinski definition) is 0. The molecule has 116 valence electrons. The maximum absolute atomic E-state index is 12.3. The summed E-state index contributed by atoms with van der Waals surface area (Å²) in [6.07, 6.45) is 2.30. The van der Waals surface area contributed by atoms with E-state index >= 15 is 0 Å². The van der Waals surface area contributed by atoms with Crippen molar-refractivity contribution in [1.29, 1.82) is 0 Å². The van der Waals surface area contributed by atoms with Gasteiger partial charge in [0.25, 0.3) is 6.29 Å². The van der Waals surface area contributed by atoms with E-state index in [-0.39, 0.29) is 5.41 Å². The molecule has 0 saturated carbocycles. The first-order valence-corrected chi connectivity index (χ1v) is 7.69. The molecule has 1 aliphatic rings. The fourth-order valence-electron chi connectivity index (χ4n) is 2.56. The average Bonchev–Trinajstić information content (AvgIpc) is 2.45. The highest BCUT2D eigenvalue weighted by atomic mass is 16.7. The Labute approximate surface area is 122 Å². The Bertz CT molecular complexity index is 349. The Hall–Kier alpha value is -1.06. The normalized spacial score (nSPS) is 24.3. The summed E-state index contributed by atoms with van der Waals surface area (Å²) in [6.45, 7) is 11.9. The lowest BCUT2D eigenvalue weighted by molar-refractivity contribution is -0.241. The van der Waals surface area contributed by atoms with Crippen LogP contribution in [0.5, 0.6) is 0 Å². The standard InChI is InChI=1S/C16H28O4/c1-7-15(5,8-2)11-12(17)19-14(20-13(11)18)16(6,9-3)10-4/h11,14H,7-10H2,1-6H3. The largest absolute Gasteiger partial charge is 0.424 e. The monoisotopic (exact) mass is 284 g/mol. The second-order valence-electron chi connectivity index (χ2n) is 6.36. The summed E-state index contributed by atoms with van der Waals surface area (Å²) in [5.41, 5.74) is -0.709. The molecule has 4 nitrogen and oxygen atoms in total. The summed E-state index contributed by atoms with van der Waals surface area (Å²) < 4.78 is 11.0. The van der Waals surface area contributed by atoms with Gasteiger partial charge in [-0.15, -0.1) is 0 Å². The quantitative estimate of drug-likeness (QED) is 0.551. The Morgan fingerprint density at radius 3 is 1.45 bits per heavy atom. The maximum Gasteiger partial charge on any atom is 0.323 e. The number of hydrogen-bond acceptors (Lipinski definition) is 4. The van der Waals surface area contributed by atoms with E-state index in [1.54, 1.807) is 0 Å². The summed E-state index contributed by atoms with van der Waals surface area (Å²) in [7, 11) is 0. The topological polar surface area (TPSA) is 52.6 Å². The van der Waals surface area contributed by atoms with Gasteiger partial charge in [-0.3, -0.25) is 9.59 Å². The summed E-state index contributed by atoms with van der Waals surface area (Å²) >= 11 is 0. The molecule has 1 heterocycles. The van der Waals surface area contributed by atoms with Crippen LogP contribution >= 0.6 is 0 Å². The second kappa shape index (κ2) is 6.15. The van der Waals surface area contributed by atoms with Crippen LogP contribution < -0.4 is 0 Å². The van der Waals surface area contributed by atoms with Crippen molar-refractivity contribution in [2.24, 2.45) is 16.7 Å². The smallest absolute Gasteiger partial charge is 0.323 e. The van der Waals surface area contributed by atoms with Crippen LogP contribution in [0.3, 0.4) is 0 Å². The molecule has 0 aromatic rings. The fraction of sp³-hybridized carbons (Fsp3) is 0.875. The average molecular weight is 284 g/mol. The molecule has 0 bridgehead atoms. The molecule has 0 unspecified atom stereocenters. The zero-order chi connectivity index (χ0) is 15.6. The summed E-state index contributed by atoms with van der Waals surface area (Å²) in [6, 6.07) is 0. The number of esters is 2. The van der Waals surface area contributed by atoms with Gasteiger partial charge < -0.3 is 9.47 Å². The van der Waals surface area contributed by atoms with Crippen LogP contribution in [0.2, 0.25) is 0 Å². The molecule has 0 spiro atoms. The lowest BCUT2D eigenvalue weighted by Crippen LogP contribution is -2.52. The van der Waals surface area contributed by atoms with Gasteiger partial charge in [0.1, 0.15) is 0 Å². The number of ether oxygens (including phenoxy) is 2. The van der Waals surface area contributed by atoms with E-state index in [2.05, 4.69) is 0 Å². The lowest BCUT2D eigenvalue weighted by Gasteiger charge is -2.42. The molecule has 0 aromatic heterocycles. The zero-order valence-corrected chi connectivity index (χ0v) is 13.6. The van der Waals surface area contributed by atoms with Crippen LogP contribution in [0, 0.1) is 16.7 Å². The van der Waals surface area contributed by atoms with E-state index in [0.29, 0.717) is 0 Å². The van der Waals surface area contributed by atoms with Gasteiger partial charge in [-0.1, -0.05) is 41.5 Å². The van der Waals surface area contributed by atoms with Crippen LogP contribution in [0.4, 0.5) is 0 Å². The third-order valence-electron chi connectivity index (χ3n) is 5.41. The molecule has 20 heavy (non-hydrogen) atoms. The third kappa shape index (κ3) is 2.84. The number of carbonyl (C=O) groups is 2. The van der Waals surface area contributed by atoms with E-state index in [1.807, 2.05) is 41.5 Å².